The molecule has 0 spiro atoms. The van der Waals surface area contributed by atoms with E-state index in [9.17, 15) is 14.4 Å². The van der Waals surface area contributed by atoms with Crippen LogP contribution >= 0.6 is 0 Å². The molecule has 1 amide bonds. The Morgan fingerprint density at radius 2 is 1.56 bits per heavy atom. The van der Waals surface area contributed by atoms with Crippen molar-refractivity contribution in [3.63, 3.8) is 0 Å². The van der Waals surface area contributed by atoms with Crippen molar-refractivity contribution in [2.45, 2.75) is 54.4 Å². The highest BCUT2D eigenvalue weighted by Crippen LogP contribution is 2.00. The molecule has 0 aromatic rings. The van der Waals surface area contributed by atoms with E-state index in [1.54, 1.807) is 0 Å². The summed E-state index contributed by atoms with van der Waals surface area (Å²) in [6.45, 7) is 11.2. The zero-order valence-electron chi connectivity index (χ0n) is 12.4. The lowest BCUT2D eigenvalue weighted by molar-refractivity contribution is -0.143. The molecule has 0 rings (SSSR count). The molecule has 0 saturated heterocycles. The number of ketones is 1. The van der Waals surface area contributed by atoms with Crippen LogP contribution in [0.15, 0.2) is 0 Å². The van der Waals surface area contributed by atoms with Gasteiger partial charge in [0, 0.05) is 19.4 Å². The van der Waals surface area contributed by atoms with Crippen LogP contribution in [0.3, 0.4) is 0 Å². The minimum atomic E-state index is -0.994. The summed E-state index contributed by atoms with van der Waals surface area (Å²) in [6, 6.07) is 0. The highest BCUT2D eigenvalue weighted by Gasteiger charge is 2.15. The van der Waals surface area contributed by atoms with E-state index in [1.807, 2.05) is 27.7 Å². The van der Waals surface area contributed by atoms with Crippen LogP contribution in [-0.2, 0) is 14.4 Å². The number of carboxylic acids is 1. The summed E-state index contributed by atoms with van der Waals surface area (Å²) in [6.07, 6.45) is 0.237. The number of Topliss-reactive ketones (excluding diaryl/α,β-unsaturated/α-hetero) is 1. The van der Waals surface area contributed by atoms with Crippen LogP contribution in [0, 0.1) is 5.92 Å². The van der Waals surface area contributed by atoms with Crippen LogP contribution in [0.5, 0.6) is 0 Å². The molecule has 5 nitrogen and oxygen atoms in total. The largest absolute Gasteiger partial charge is 0.481 e. The molecule has 18 heavy (non-hydrogen) atoms. The average Bonchev–Trinajstić information content (AvgIpc) is 2.33. The summed E-state index contributed by atoms with van der Waals surface area (Å²) in [5.41, 5.74) is 0. The fourth-order valence-electron chi connectivity index (χ4n) is 0.816. The second-order valence-corrected chi connectivity index (χ2v) is 3.25. The van der Waals surface area contributed by atoms with E-state index in [0.29, 0.717) is 0 Å². The zero-order valence-corrected chi connectivity index (χ0v) is 12.4. The van der Waals surface area contributed by atoms with Crippen molar-refractivity contribution in [3.8, 4) is 0 Å². The topological polar surface area (TPSA) is 83.5 Å². The van der Waals surface area contributed by atoms with Gasteiger partial charge in [0.2, 0.25) is 5.91 Å². The molecule has 1 unspecified atom stereocenters. The summed E-state index contributed by atoms with van der Waals surface area (Å²) in [5.74, 6) is -2.02. The molecule has 2 N–H and O–H groups in total. The second-order valence-electron chi connectivity index (χ2n) is 3.25. The zero-order chi connectivity index (χ0) is 15.1. The average molecular weight is 261 g/mol. The Morgan fingerprint density at radius 1 is 1.11 bits per heavy atom. The number of amides is 1. The van der Waals surface area contributed by atoms with Gasteiger partial charge < -0.3 is 10.4 Å². The van der Waals surface area contributed by atoms with Crippen LogP contribution in [0.4, 0.5) is 0 Å². The number of carbonyl (C=O) groups is 3. The van der Waals surface area contributed by atoms with Crippen molar-refractivity contribution >= 4 is 17.7 Å². The maximum absolute atomic E-state index is 11.1. The molecule has 0 fully saturated rings. The number of carbonyl (C=O) groups excluding carboxylic acids is 2. The van der Waals surface area contributed by atoms with E-state index in [-0.39, 0.29) is 31.1 Å². The Balaban J connectivity index is -0.000000506. The maximum Gasteiger partial charge on any atom is 0.306 e. The molecule has 108 valence electrons. The van der Waals surface area contributed by atoms with E-state index >= 15 is 0 Å². The van der Waals surface area contributed by atoms with Gasteiger partial charge in [-0.3, -0.25) is 14.4 Å². The molecule has 0 radical (unpaired) electrons. The number of rotatable bonds is 6. The quantitative estimate of drug-likeness (QED) is 0.768. The molecule has 0 aliphatic rings. The third kappa shape index (κ3) is 17.0. The number of carboxylic acid groups (broad SMARTS) is 1. The van der Waals surface area contributed by atoms with Gasteiger partial charge in [-0.15, -0.1) is 0 Å². The third-order valence-corrected chi connectivity index (χ3v) is 1.71. The van der Waals surface area contributed by atoms with Gasteiger partial charge in [-0.25, -0.2) is 0 Å². The molecule has 0 aromatic carbocycles. The lowest BCUT2D eigenvalue weighted by Gasteiger charge is -2.06. The Kier molecular flexibility index (Phi) is 18.9. The van der Waals surface area contributed by atoms with Gasteiger partial charge in [0.1, 0.15) is 5.78 Å². The van der Waals surface area contributed by atoms with Crippen molar-refractivity contribution < 1.29 is 19.5 Å². The van der Waals surface area contributed by atoms with E-state index in [0.717, 1.165) is 0 Å². The first-order valence-corrected chi connectivity index (χ1v) is 6.42. The van der Waals surface area contributed by atoms with E-state index in [4.69, 9.17) is 5.11 Å². The minimum Gasteiger partial charge on any atom is -0.481 e. The predicted octanol–water partition coefficient (Wildman–Crippen LogP) is 2.24. The van der Waals surface area contributed by atoms with Gasteiger partial charge in [-0.1, -0.05) is 34.6 Å². The normalized spacial score (nSPS) is 9.89. The number of aliphatic carboxylic acids is 1. The van der Waals surface area contributed by atoms with Gasteiger partial charge in [-0.2, -0.15) is 0 Å². The van der Waals surface area contributed by atoms with Crippen molar-refractivity contribution in [3.05, 3.63) is 0 Å². The third-order valence-electron chi connectivity index (χ3n) is 1.71. The van der Waals surface area contributed by atoms with Gasteiger partial charge in [0.05, 0.1) is 5.92 Å². The molecule has 0 saturated carbocycles. The Hall–Kier alpha value is -1.39. The standard InChI is InChI=1S/C9H15NO4.2C2H6/c1-6(9(13)14)5-8(12)10-4-3-7(2)11;2*1-2/h6H,3-5H2,1-2H3,(H,10,12)(H,13,14);2*1-2H3. The van der Waals surface area contributed by atoms with Crippen LogP contribution in [-0.4, -0.2) is 29.3 Å². The molecule has 0 aromatic heterocycles. The van der Waals surface area contributed by atoms with E-state index < -0.39 is 11.9 Å². The minimum absolute atomic E-state index is 0.00316. The summed E-state index contributed by atoms with van der Waals surface area (Å²) < 4.78 is 0. The molecule has 0 aliphatic carbocycles. The first kappa shape index (κ1) is 21.9. The summed E-state index contributed by atoms with van der Waals surface area (Å²) in [5, 5.41) is 11.0. The fraction of sp³-hybridized carbons (Fsp3) is 0.769. The predicted molar refractivity (Wildman–Crippen MR) is 72.4 cm³/mol. The van der Waals surface area contributed by atoms with Crippen LogP contribution in [0.25, 0.3) is 0 Å². The summed E-state index contributed by atoms with van der Waals surface area (Å²) in [4.78, 5) is 31.9. The van der Waals surface area contributed by atoms with Crippen molar-refractivity contribution in [1.29, 1.82) is 0 Å². The smallest absolute Gasteiger partial charge is 0.306 e. The first-order valence-electron chi connectivity index (χ1n) is 6.42. The Labute approximate surface area is 110 Å². The van der Waals surface area contributed by atoms with Gasteiger partial charge >= 0.3 is 5.97 Å². The maximum atomic E-state index is 11.1. The monoisotopic (exact) mass is 261 g/mol. The lowest BCUT2D eigenvalue weighted by Crippen LogP contribution is -2.28. The highest BCUT2D eigenvalue weighted by molar-refractivity contribution is 5.82. The fourth-order valence-corrected chi connectivity index (χ4v) is 0.816. The lowest BCUT2D eigenvalue weighted by atomic mass is 10.1. The van der Waals surface area contributed by atoms with Crippen molar-refractivity contribution in [2.24, 2.45) is 5.92 Å². The molecule has 1 atom stereocenters. The molecular formula is C13H27NO4. The molecule has 0 aliphatic heterocycles. The van der Waals surface area contributed by atoms with Crippen molar-refractivity contribution in [1.82, 2.24) is 5.32 Å². The number of nitrogens with one attached hydrogen (secondary N) is 1. The van der Waals surface area contributed by atoms with Gasteiger partial charge in [0.15, 0.2) is 0 Å². The molecular weight excluding hydrogens is 234 g/mol. The molecule has 0 heterocycles. The first-order chi connectivity index (χ1) is 8.43. The molecule has 0 bridgehead atoms. The Bertz CT molecular complexity index is 239. The second kappa shape index (κ2) is 15.6. The number of hydrogen-bond acceptors (Lipinski definition) is 3. The summed E-state index contributed by atoms with van der Waals surface area (Å²) in [7, 11) is 0. The molecule has 5 heteroatoms. The van der Waals surface area contributed by atoms with Gasteiger partial charge in [-0.05, 0) is 6.92 Å². The summed E-state index contributed by atoms with van der Waals surface area (Å²) >= 11 is 0. The highest BCUT2D eigenvalue weighted by atomic mass is 16.4. The van der Waals surface area contributed by atoms with E-state index in [1.165, 1.54) is 13.8 Å². The Morgan fingerprint density at radius 3 is 1.89 bits per heavy atom. The van der Waals surface area contributed by atoms with Crippen LogP contribution in [0.2, 0.25) is 0 Å². The number of hydrogen-bond donors (Lipinski definition) is 2. The van der Waals surface area contributed by atoms with Gasteiger partial charge in [0.25, 0.3) is 0 Å². The van der Waals surface area contributed by atoms with Crippen LogP contribution < -0.4 is 5.32 Å². The van der Waals surface area contributed by atoms with Crippen LogP contribution in [0.1, 0.15) is 54.4 Å². The van der Waals surface area contributed by atoms with Crippen molar-refractivity contribution in [2.75, 3.05) is 6.54 Å². The van der Waals surface area contributed by atoms with E-state index in [2.05, 4.69) is 5.32 Å². The SMILES string of the molecule is CC.CC.CC(=O)CCNC(=O)CC(C)C(=O)O.